The molecule has 0 bridgehead atoms. The maximum absolute atomic E-state index is 12.9. The summed E-state index contributed by atoms with van der Waals surface area (Å²) in [6.45, 7) is 1.04. The van der Waals surface area contributed by atoms with Gasteiger partial charge in [-0.1, -0.05) is 25.7 Å². The van der Waals surface area contributed by atoms with Gasteiger partial charge in [-0.3, -0.25) is 4.79 Å². The van der Waals surface area contributed by atoms with Crippen LogP contribution in [-0.2, 0) is 4.79 Å². The molecule has 3 rings (SSSR count). The van der Waals surface area contributed by atoms with Gasteiger partial charge >= 0.3 is 0 Å². The molecule has 3 fully saturated rings. The number of nitrogens with two attached hydrogens (primary N) is 1. The van der Waals surface area contributed by atoms with Gasteiger partial charge in [0, 0.05) is 24.5 Å². The predicted octanol–water partition coefficient (Wildman–Crippen LogP) is 3.08. The highest BCUT2D eigenvalue weighted by Crippen LogP contribution is 2.34. The Hall–Kier alpha value is -0.570. The first kappa shape index (κ1) is 14.4. The highest BCUT2D eigenvalue weighted by Gasteiger charge is 2.38. The number of hydrogen-bond donors (Lipinski definition) is 1. The molecule has 3 nitrogen and oxygen atoms in total. The maximum Gasteiger partial charge on any atom is 0.225 e. The molecule has 2 unspecified atom stereocenters. The minimum atomic E-state index is 0.225. The summed E-state index contributed by atoms with van der Waals surface area (Å²) >= 11 is 0. The molecule has 0 spiro atoms. The molecule has 0 saturated heterocycles. The summed E-state index contributed by atoms with van der Waals surface area (Å²) in [6, 6.07) is 0.830. The molecule has 1 amide bonds. The highest BCUT2D eigenvalue weighted by molar-refractivity contribution is 5.79. The van der Waals surface area contributed by atoms with Gasteiger partial charge in [-0.2, -0.15) is 0 Å². The number of carbonyl (C=O) groups excluding carboxylic acids is 1. The summed E-state index contributed by atoms with van der Waals surface area (Å²) in [5, 5.41) is 0. The van der Waals surface area contributed by atoms with Crippen LogP contribution in [0.4, 0.5) is 0 Å². The van der Waals surface area contributed by atoms with Crippen molar-refractivity contribution in [2.24, 2.45) is 17.6 Å². The molecule has 0 heterocycles. The summed E-state index contributed by atoms with van der Waals surface area (Å²) in [5.74, 6) is 1.43. The second-order valence-corrected chi connectivity index (χ2v) is 7.35. The van der Waals surface area contributed by atoms with Crippen LogP contribution in [-0.4, -0.2) is 29.4 Å². The molecule has 0 radical (unpaired) electrons. The van der Waals surface area contributed by atoms with E-state index in [9.17, 15) is 4.79 Å². The van der Waals surface area contributed by atoms with E-state index in [4.69, 9.17) is 5.73 Å². The van der Waals surface area contributed by atoms with E-state index in [-0.39, 0.29) is 12.0 Å². The topological polar surface area (TPSA) is 46.3 Å². The molecular weight excluding hydrogens is 248 g/mol. The Bertz CT molecular complexity index is 334. The Morgan fingerprint density at radius 1 is 0.950 bits per heavy atom. The average molecular weight is 278 g/mol. The molecule has 20 heavy (non-hydrogen) atoms. The van der Waals surface area contributed by atoms with E-state index in [0.29, 0.717) is 11.9 Å². The normalized spacial score (nSPS) is 32.0. The monoisotopic (exact) mass is 278 g/mol. The second kappa shape index (κ2) is 6.46. The van der Waals surface area contributed by atoms with Crippen LogP contribution in [0.1, 0.15) is 70.6 Å². The lowest BCUT2D eigenvalue weighted by molar-refractivity contribution is -0.138. The van der Waals surface area contributed by atoms with E-state index in [1.54, 1.807) is 0 Å². The molecule has 2 N–H and O–H groups in total. The van der Waals surface area contributed by atoms with Crippen molar-refractivity contribution in [3.05, 3.63) is 0 Å². The Morgan fingerprint density at radius 2 is 1.70 bits per heavy atom. The molecular formula is C17H30N2O. The van der Waals surface area contributed by atoms with Crippen molar-refractivity contribution in [2.45, 2.75) is 82.7 Å². The first-order chi connectivity index (χ1) is 9.74. The standard InChI is InChI=1S/C17H30N2O/c18-15-8-4-7-14(11-15)17(20)19(16-9-10-16)12-13-5-2-1-3-6-13/h13-16H,1-12,18H2. The van der Waals surface area contributed by atoms with Gasteiger partial charge in [-0.05, 0) is 50.9 Å². The number of nitrogens with zero attached hydrogens (tertiary/aromatic N) is 1. The highest BCUT2D eigenvalue weighted by atomic mass is 16.2. The smallest absolute Gasteiger partial charge is 0.225 e. The van der Waals surface area contributed by atoms with Crippen LogP contribution >= 0.6 is 0 Å². The van der Waals surface area contributed by atoms with Crippen molar-refractivity contribution in [3.63, 3.8) is 0 Å². The van der Waals surface area contributed by atoms with Crippen molar-refractivity contribution in [1.82, 2.24) is 4.90 Å². The van der Waals surface area contributed by atoms with Crippen LogP contribution in [0, 0.1) is 11.8 Å². The van der Waals surface area contributed by atoms with Crippen molar-refractivity contribution >= 4 is 5.91 Å². The van der Waals surface area contributed by atoms with E-state index in [0.717, 1.165) is 38.1 Å². The van der Waals surface area contributed by atoms with Gasteiger partial charge in [0.1, 0.15) is 0 Å². The number of amides is 1. The summed E-state index contributed by atoms with van der Waals surface area (Å²) in [5.41, 5.74) is 6.07. The van der Waals surface area contributed by atoms with Gasteiger partial charge in [0.05, 0.1) is 0 Å². The second-order valence-electron chi connectivity index (χ2n) is 7.35. The summed E-state index contributed by atoms with van der Waals surface area (Å²) < 4.78 is 0. The molecule has 0 aliphatic heterocycles. The third-order valence-corrected chi connectivity index (χ3v) is 5.51. The van der Waals surface area contributed by atoms with Gasteiger partial charge in [0.2, 0.25) is 5.91 Å². The lowest BCUT2D eigenvalue weighted by Gasteiger charge is -2.34. The first-order valence-corrected chi connectivity index (χ1v) is 8.80. The van der Waals surface area contributed by atoms with Crippen LogP contribution in [0.5, 0.6) is 0 Å². The predicted molar refractivity (Wildman–Crippen MR) is 81.2 cm³/mol. The molecule has 0 aromatic carbocycles. The fourth-order valence-electron chi connectivity index (χ4n) is 4.14. The van der Waals surface area contributed by atoms with Gasteiger partial charge in [0.25, 0.3) is 0 Å². The van der Waals surface area contributed by atoms with Crippen molar-refractivity contribution < 1.29 is 4.79 Å². The van der Waals surface area contributed by atoms with E-state index in [2.05, 4.69) is 4.90 Å². The van der Waals surface area contributed by atoms with Crippen molar-refractivity contribution in [1.29, 1.82) is 0 Å². The van der Waals surface area contributed by atoms with Gasteiger partial charge < -0.3 is 10.6 Å². The van der Waals surface area contributed by atoms with E-state index < -0.39 is 0 Å². The molecule has 3 aliphatic rings. The Morgan fingerprint density at radius 3 is 2.35 bits per heavy atom. The third kappa shape index (κ3) is 3.55. The van der Waals surface area contributed by atoms with Crippen LogP contribution in [0.25, 0.3) is 0 Å². The summed E-state index contributed by atoms with van der Waals surface area (Å²) in [7, 11) is 0. The summed E-state index contributed by atoms with van der Waals surface area (Å²) in [4.78, 5) is 15.1. The summed E-state index contributed by atoms with van der Waals surface area (Å²) in [6.07, 6.45) is 13.5. The Labute approximate surface area is 123 Å². The molecule has 3 saturated carbocycles. The van der Waals surface area contributed by atoms with Gasteiger partial charge in [0.15, 0.2) is 0 Å². The Balaban J connectivity index is 1.59. The van der Waals surface area contributed by atoms with Crippen LogP contribution in [0.3, 0.4) is 0 Å². The minimum Gasteiger partial charge on any atom is -0.339 e. The SMILES string of the molecule is NC1CCCC(C(=O)N(CC2CCCCC2)C2CC2)C1. The lowest BCUT2D eigenvalue weighted by atomic mass is 9.84. The fourth-order valence-corrected chi connectivity index (χ4v) is 4.14. The van der Waals surface area contributed by atoms with E-state index >= 15 is 0 Å². The molecule has 3 heteroatoms. The quantitative estimate of drug-likeness (QED) is 0.859. The Kier molecular flexibility index (Phi) is 4.65. The van der Waals surface area contributed by atoms with E-state index in [1.807, 2.05) is 0 Å². The molecule has 3 aliphatic carbocycles. The van der Waals surface area contributed by atoms with Crippen molar-refractivity contribution in [3.8, 4) is 0 Å². The zero-order chi connectivity index (χ0) is 13.9. The van der Waals surface area contributed by atoms with Crippen molar-refractivity contribution in [2.75, 3.05) is 6.54 Å². The molecule has 0 aromatic rings. The van der Waals surface area contributed by atoms with Crippen LogP contribution in [0.15, 0.2) is 0 Å². The molecule has 0 aromatic heterocycles. The first-order valence-electron chi connectivity index (χ1n) is 8.80. The number of carbonyl (C=O) groups is 1. The fraction of sp³-hybridized carbons (Fsp3) is 0.941. The lowest BCUT2D eigenvalue weighted by Crippen LogP contribution is -2.44. The van der Waals surface area contributed by atoms with Gasteiger partial charge in [-0.25, -0.2) is 0 Å². The molecule has 114 valence electrons. The number of hydrogen-bond acceptors (Lipinski definition) is 2. The van der Waals surface area contributed by atoms with Gasteiger partial charge in [-0.15, -0.1) is 0 Å². The number of rotatable bonds is 4. The maximum atomic E-state index is 12.9. The average Bonchev–Trinajstić information content (AvgIpc) is 3.30. The minimum absolute atomic E-state index is 0.225. The third-order valence-electron chi connectivity index (χ3n) is 5.51. The van der Waals surface area contributed by atoms with Crippen LogP contribution < -0.4 is 5.73 Å². The van der Waals surface area contributed by atoms with E-state index in [1.165, 1.54) is 44.9 Å². The van der Waals surface area contributed by atoms with Crippen LogP contribution in [0.2, 0.25) is 0 Å². The largest absolute Gasteiger partial charge is 0.339 e. The molecule has 2 atom stereocenters. The zero-order valence-electron chi connectivity index (χ0n) is 12.7. The zero-order valence-corrected chi connectivity index (χ0v) is 12.7.